The predicted molar refractivity (Wildman–Crippen MR) is 171 cm³/mol. The average Bonchev–Trinajstić information content (AvgIpc) is 3.37. The minimum Gasteiger partial charge on any atom is -0.493 e. The first-order valence-corrected chi connectivity index (χ1v) is 16.2. The molecule has 2 aliphatic carbocycles. The number of amides is 2. The van der Waals surface area contributed by atoms with Gasteiger partial charge in [0.15, 0.2) is 0 Å². The fourth-order valence-corrected chi connectivity index (χ4v) is 7.16. The minimum absolute atomic E-state index is 0.0912. The molecular weight excluding hydrogens is 536 g/mol. The van der Waals surface area contributed by atoms with Crippen LogP contribution in [0.5, 0.6) is 5.75 Å². The lowest BCUT2D eigenvalue weighted by atomic mass is 9.74. The molecule has 0 aromatic heterocycles. The highest BCUT2D eigenvalue weighted by Crippen LogP contribution is 2.44. The van der Waals surface area contributed by atoms with Crippen molar-refractivity contribution in [3.8, 4) is 5.75 Å². The highest BCUT2D eigenvalue weighted by molar-refractivity contribution is 5.81. The maximum Gasteiger partial charge on any atom is 0.410 e. The third-order valence-corrected chi connectivity index (χ3v) is 9.78. The Labute approximate surface area is 256 Å². The van der Waals surface area contributed by atoms with Crippen LogP contribution in [0.4, 0.5) is 4.79 Å². The molecule has 228 valence electrons. The Balaban J connectivity index is 0.944. The van der Waals surface area contributed by atoms with Gasteiger partial charge in [-0.15, -0.1) is 0 Å². The summed E-state index contributed by atoms with van der Waals surface area (Å²) in [7, 11) is 0. The molecule has 1 atom stereocenters. The van der Waals surface area contributed by atoms with E-state index >= 15 is 0 Å². The number of rotatable bonds is 5. The van der Waals surface area contributed by atoms with E-state index in [4.69, 9.17) is 9.47 Å². The Morgan fingerprint density at radius 3 is 2.30 bits per heavy atom. The molecule has 6 nitrogen and oxygen atoms in total. The first-order chi connectivity index (χ1) is 20.7. The largest absolute Gasteiger partial charge is 0.493 e. The van der Waals surface area contributed by atoms with Crippen LogP contribution in [-0.4, -0.2) is 60.2 Å². The summed E-state index contributed by atoms with van der Waals surface area (Å²) in [5.74, 6) is 1.74. The smallest absolute Gasteiger partial charge is 0.410 e. The van der Waals surface area contributed by atoms with Crippen LogP contribution in [0.2, 0.25) is 0 Å². The molecule has 2 aromatic rings. The molecule has 6 rings (SSSR count). The zero-order chi connectivity index (χ0) is 30.0. The molecule has 0 N–H and O–H groups in total. The number of allylic oxidation sites excluding steroid dienone is 3. The van der Waals surface area contributed by atoms with Crippen molar-refractivity contribution < 1.29 is 19.1 Å². The second-order valence-electron chi connectivity index (χ2n) is 13.8. The van der Waals surface area contributed by atoms with Crippen molar-refractivity contribution in [1.29, 1.82) is 0 Å². The van der Waals surface area contributed by atoms with Crippen LogP contribution in [0, 0.1) is 11.8 Å². The molecule has 0 bridgehead atoms. The number of ether oxygens (including phenoxy) is 2. The Morgan fingerprint density at radius 2 is 1.63 bits per heavy atom. The van der Waals surface area contributed by atoms with Crippen LogP contribution in [0.1, 0.15) is 82.4 Å². The number of likely N-dealkylation sites (tertiary alicyclic amines) is 2. The van der Waals surface area contributed by atoms with Crippen molar-refractivity contribution in [2.75, 3.05) is 32.8 Å². The molecule has 1 unspecified atom stereocenters. The molecule has 2 saturated heterocycles. The second kappa shape index (κ2) is 12.2. The summed E-state index contributed by atoms with van der Waals surface area (Å²) in [4.78, 5) is 29.7. The SMILES string of the molecule is CC(C)(C)OC(=O)N1CCC(COc2ccc(C3=CCC(C(=O)N4CCC5(C=Cc6ccccc65)CC4)CC3)cc2)CC1. The van der Waals surface area contributed by atoms with E-state index in [9.17, 15) is 9.59 Å². The van der Waals surface area contributed by atoms with Crippen molar-refractivity contribution in [1.82, 2.24) is 9.80 Å². The molecule has 4 aliphatic rings. The fourth-order valence-electron chi connectivity index (χ4n) is 7.16. The normalized spacial score (nSPS) is 21.8. The summed E-state index contributed by atoms with van der Waals surface area (Å²) in [6.45, 7) is 9.47. The van der Waals surface area contributed by atoms with Gasteiger partial charge in [0.1, 0.15) is 11.4 Å². The third kappa shape index (κ3) is 6.68. The summed E-state index contributed by atoms with van der Waals surface area (Å²) in [6.07, 6.45) is 13.2. The lowest BCUT2D eigenvalue weighted by molar-refractivity contribution is -0.137. The van der Waals surface area contributed by atoms with Crippen LogP contribution in [0.3, 0.4) is 0 Å². The van der Waals surface area contributed by atoms with E-state index in [-0.39, 0.29) is 17.4 Å². The van der Waals surface area contributed by atoms with Gasteiger partial charge in [0.05, 0.1) is 6.61 Å². The maximum absolute atomic E-state index is 13.4. The van der Waals surface area contributed by atoms with Gasteiger partial charge in [-0.1, -0.05) is 54.6 Å². The molecule has 0 saturated carbocycles. The van der Waals surface area contributed by atoms with Crippen molar-refractivity contribution in [2.45, 2.75) is 76.7 Å². The van der Waals surface area contributed by atoms with E-state index < -0.39 is 5.60 Å². The molecule has 1 spiro atoms. The molecule has 2 aromatic carbocycles. The van der Waals surface area contributed by atoms with Crippen LogP contribution < -0.4 is 4.74 Å². The van der Waals surface area contributed by atoms with E-state index in [1.54, 1.807) is 4.90 Å². The Morgan fingerprint density at radius 1 is 0.907 bits per heavy atom. The number of hydrogen-bond acceptors (Lipinski definition) is 4. The molecule has 2 heterocycles. The van der Waals surface area contributed by atoms with Crippen LogP contribution >= 0.6 is 0 Å². The average molecular weight is 583 g/mol. The molecule has 43 heavy (non-hydrogen) atoms. The van der Waals surface area contributed by atoms with E-state index in [1.165, 1.54) is 22.3 Å². The molecule has 2 amide bonds. The minimum atomic E-state index is -0.464. The number of piperidine rings is 2. The zero-order valence-corrected chi connectivity index (χ0v) is 26.0. The topological polar surface area (TPSA) is 59.1 Å². The van der Waals surface area contributed by atoms with Gasteiger partial charge in [0, 0.05) is 37.5 Å². The number of fused-ring (bicyclic) bond motifs is 2. The van der Waals surface area contributed by atoms with Gasteiger partial charge in [0.25, 0.3) is 0 Å². The molecular formula is C37H46N2O4. The highest BCUT2D eigenvalue weighted by Gasteiger charge is 2.40. The predicted octanol–water partition coefficient (Wildman–Crippen LogP) is 7.48. The van der Waals surface area contributed by atoms with Gasteiger partial charge < -0.3 is 19.3 Å². The van der Waals surface area contributed by atoms with E-state index in [0.717, 1.165) is 63.8 Å². The number of benzene rings is 2. The molecule has 0 radical (unpaired) electrons. The number of carbonyl (C=O) groups excluding carboxylic acids is 2. The van der Waals surface area contributed by atoms with Crippen LogP contribution in [0.25, 0.3) is 11.6 Å². The standard InChI is InChI=1S/C37H46N2O4/c1-36(2,3)43-35(41)39-22-17-27(18-23-39)26-42-32-14-12-29(13-15-32)28-8-10-31(11-9-28)34(40)38-24-20-37(21-25-38)19-16-30-6-4-5-7-33(30)37/h4-8,12-16,19,27,31H,9-11,17-18,20-26H2,1-3H3. The number of nitrogens with zero attached hydrogens (tertiary/aromatic N) is 2. The van der Waals surface area contributed by atoms with E-state index in [0.29, 0.717) is 31.5 Å². The van der Waals surface area contributed by atoms with Crippen molar-refractivity contribution in [3.05, 3.63) is 77.4 Å². The fraction of sp³-hybridized carbons (Fsp3) is 0.514. The monoisotopic (exact) mass is 582 g/mol. The lowest BCUT2D eigenvalue weighted by Gasteiger charge is -2.40. The van der Waals surface area contributed by atoms with Crippen molar-refractivity contribution in [3.63, 3.8) is 0 Å². The second-order valence-corrected chi connectivity index (χ2v) is 13.8. The quantitative estimate of drug-likeness (QED) is 0.367. The summed E-state index contributed by atoms with van der Waals surface area (Å²) in [6, 6.07) is 17.1. The first-order valence-electron chi connectivity index (χ1n) is 16.2. The van der Waals surface area contributed by atoms with Gasteiger partial charge in [-0.3, -0.25) is 4.79 Å². The van der Waals surface area contributed by atoms with Crippen molar-refractivity contribution >= 4 is 23.6 Å². The van der Waals surface area contributed by atoms with Gasteiger partial charge >= 0.3 is 6.09 Å². The lowest BCUT2D eigenvalue weighted by Crippen LogP contribution is -2.46. The summed E-state index contributed by atoms with van der Waals surface area (Å²) in [5, 5.41) is 0. The van der Waals surface area contributed by atoms with Gasteiger partial charge in [-0.05, 0) is 106 Å². The summed E-state index contributed by atoms with van der Waals surface area (Å²) < 4.78 is 11.6. The Bertz CT molecular complexity index is 1370. The summed E-state index contributed by atoms with van der Waals surface area (Å²) >= 11 is 0. The van der Waals surface area contributed by atoms with E-state index in [2.05, 4.69) is 71.7 Å². The highest BCUT2D eigenvalue weighted by atomic mass is 16.6. The number of hydrogen-bond donors (Lipinski definition) is 0. The van der Waals surface area contributed by atoms with E-state index in [1.807, 2.05) is 20.8 Å². The van der Waals surface area contributed by atoms with Gasteiger partial charge in [-0.2, -0.15) is 0 Å². The molecule has 2 aliphatic heterocycles. The van der Waals surface area contributed by atoms with Crippen molar-refractivity contribution in [2.24, 2.45) is 11.8 Å². The van der Waals surface area contributed by atoms with Gasteiger partial charge in [-0.25, -0.2) is 4.79 Å². The maximum atomic E-state index is 13.4. The molecule has 6 heteroatoms. The van der Waals surface area contributed by atoms with Crippen LogP contribution in [0.15, 0.2) is 60.7 Å². The Hall–Kier alpha value is -3.54. The Kier molecular flexibility index (Phi) is 8.39. The third-order valence-electron chi connectivity index (χ3n) is 9.78. The zero-order valence-electron chi connectivity index (χ0n) is 26.0. The van der Waals surface area contributed by atoms with Gasteiger partial charge in [0.2, 0.25) is 5.91 Å². The van der Waals surface area contributed by atoms with Crippen LogP contribution in [-0.2, 0) is 14.9 Å². The summed E-state index contributed by atoms with van der Waals surface area (Å²) in [5.41, 5.74) is 4.97. The number of carbonyl (C=O) groups is 2. The first kappa shape index (κ1) is 29.5. The molecule has 2 fully saturated rings.